The molecule has 0 aliphatic carbocycles. The summed E-state index contributed by atoms with van der Waals surface area (Å²) in [6, 6.07) is 8.05. The lowest BCUT2D eigenvalue weighted by molar-refractivity contribution is 0.304. The Kier molecular flexibility index (Phi) is 6.30. The highest BCUT2D eigenvalue weighted by molar-refractivity contribution is 6.31. The molecule has 5 heteroatoms. The van der Waals surface area contributed by atoms with E-state index < -0.39 is 0 Å². The molecule has 0 spiro atoms. The molecule has 0 saturated heterocycles. The Balaban J connectivity index is 2.40. The van der Waals surface area contributed by atoms with Crippen LogP contribution in [0.3, 0.4) is 0 Å². The van der Waals surface area contributed by atoms with Gasteiger partial charge >= 0.3 is 0 Å². The van der Waals surface area contributed by atoms with Crippen LogP contribution < -0.4 is 11.1 Å². The van der Waals surface area contributed by atoms with E-state index in [-0.39, 0.29) is 17.3 Å². The highest BCUT2D eigenvalue weighted by Gasteiger charge is 2.22. The number of nitrogens with zero attached hydrogens (tertiary/aromatic N) is 1. The third-order valence-corrected chi connectivity index (χ3v) is 3.95. The molecule has 0 heterocycles. The number of hydrogen-bond donors (Lipinski definition) is 3. The molecule has 1 rings (SSSR count). The smallest absolute Gasteiger partial charge is 0.144 e. The molecular weight excluding hydrogens is 274 g/mol. The first-order valence-corrected chi connectivity index (χ1v) is 7.22. The van der Waals surface area contributed by atoms with Crippen LogP contribution in [0.4, 0.5) is 0 Å². The maximum absolute atomic E-state index is 8.73. The van der Waals surface area contributed by atoms with Crippen LogP contribution in [0, 0.1) is 5.41 Å². The number of hydrogen-bond acceptors (Lipinski definition) is 3. The minimum atomic E-state index is -0.288. The van der Waals surface area contributed by atoms with Gasteiger partial charge < -0.3 is 16.3 Å². The van der Waals surface area contributed by atoms with Gasteiger partial charge in [-0.1, -0.05) is 48.8 Å². The van der Waals surface area contributed by atoms with Crippen LogP contribution >= 0.6 is 11.6 Å². The fourth-order valence-electron chi connectivity index (χ4n) is 2.05. The SMILES string of the molecule is CC(NCCCC(C)(C)C(N)=NO)c1ccccc1Cl. The van der Waals surface area contributed by atoms with Gasteiger partial charge in [0.05, 0.1) is 0 Å². The van der Waals surface area contributed by atoms with Gasteiger partial charge in [-0.2, -0.15) is 0 Å². The highest BCUT2D eigenvalue weighted by atomic mass is 35.5. The van der Waals surface area contributed by atoms with Crippen LogP contribution in [0.25, 0.3) is 0 Å². The third kappa shape index (κ3) is 4.69. The molecule has 4 nitrogen and oxygen atoms in total. The zero-order chi connectivity index (χ0) is 15.2. The van der Waals surface area contributed by atoms with Crippen LogP contribution in [0.1, 0.15) is 45.2 Å². The van der Waals surface area contributed by atoms with Crippen molar-refractivity contribution in [1.29, 1.82) is 0 Å². The lowest BCUT2D eigenvalue weighted by atomic mass is 9.86. The molecule has 0 bridgehead atoms. The Morgan fingerprint density at radius 2 is 2.10 bits per heavy atom. The van der Waals surface area contributed by atoms with Gasteiger partial charge in [-0.3, -0.25) is 0 Å². The molecule has 0 fully saturated rings. The first-order chi connectivity index (χ1) is 9.38. The number of halogens is 1. The molecule has 1 aromatic rings. The molecule has 20 heavy (non-hydrogen) atoms. The number of oxime groups is 1. The van der Waals surface area contributed by atoms with Crippen molar-refractivity contribution in [2.45, 2.75) is 39.7 Å². The van der Waals surface area contributed by atoms with Gasteiger partial charge in [0.2, 0.25) is 0 Å². The average molecular weight is 298 g/mol. The molecule has 0 amide bonds. The summed E-state index contributed by atoms with van der Waals surface area (Å²) in [6.07, 6.45) is 1.79. The molecule has 1 atom stereocenters. The molecular formula is C15H24ClN3O. The molecule has 0 aliphatic rings. The monoisotopic (exact) mass is 297 g/mol. The molecule has 1 unspecified atom stereocenters. The largest absolute Gasteiger partial charge is 0.409 e. The summed E-state index contributed by atoms with van der Waals surface area (Å²) in [5, 5.41) is 16.0. The number of nitrogens with two attached hydrogens (primary N) is 1. The standard InChI is InChI=1S/C15H24ClN3O/c1-11(12-7-4-5-8-13(12)16)18-10-6-9-15(2,3)14(17)19-20/h4-5,7-8,11,18,20H,6,9-10H2,1-3H3,(H2,17,19). The fraction of sp³-hybridized carbons (Fsp3) is 0.533. The summed E-state index contributed by atoms with van der Waals surface area (Å²) in [4.78, 5) is 0. The molecule has 1 aromatic carbocycles. The van der Waals surface area contributed by atoms with Crippen molar-refractivity contribution in [1.82, 2.24) is 5.32 Å². The van der Waals surface area contributed by atoms with Crippen LogP contribution in [0.15, 0.2) is 29.4 Å². The number of rotatable bonds is 7. The van der Waals surface area contributed by atoms with E-state index in [2.05, 4.69) is 17.4 Å². The zero-order valence-electron chi connectivity index (χ0n) is 12.4. The van der Waals surface area contributed by atoms with E-state index in [1.165, 1.54) is 0 Å². The molecule has 0 aliphatic heterocycles. The summed E-state index contributed by atoms with van der Waals surface area (Å²) in [5.41, 5.74) is 6.48. The van der Waals surface area contributed by atoms with E-state index in [1.54, 1.807) is 0 Å². The number of amidine groups is 1. The summed E-state index contributed by atoms with van der Waals surface area (Å²) in [5.74, 6) is 0.275. The topological polar surface area (TPSA) is 70.6 Å². The summed E-state index contributed by atoms with van der Waals surface area (Å²) in [6.45, 7) is 6.89. The Labute approximate surface area is 126 Å². The van der Waals surface area contributed by atoms with E-state index in [0.29, 0.717) is 0 Å². The van der Waals surface area contributed by atoms with Crippen molar-refractivity contribution in [3.05, 3.63) is 34.9 Å². The van der Waals surface area contributed by atoms with Crippen LogP contribution in [-0.4, -0.2) is 17.6 Å². The minimum Gasteiger partial charge on any atom is -0.409 e. The maximum atomic E-state index is 8.73. The van der Waals surface area contributed by atoms with Gasteiger partial charge in [0.1, 0.15) is 5.84 Å². The quantitative estimate of drug-likeness (QED) is 0.237. The van der Waals surface area contributed by atoms with Gasteiger partial charge in [-0.15, -0.1) is 0 Å². The van der Waals surface area contributed by atoms with Gasteiger partial charge in [-0.25, -0.2) is 0 Å². The third-order valence-electron chi connectivity index (χ3n) is 3.60. The van der Waals surface area contributed by atoms with Crippen molar-refractivity contribution >= 4 is 17.4 Å². The molecule has 0 radical (unpaired) electrons. The fourth-order valence-corrected chi connectivity index (χ4v) is 2.35. The van der Waals surface area contributed by atoms with Gasteiger partial charge in [0.15, 0.2) is 0 Å². The first kappa shape index (κ1) is 16.8. The Hall–Kier alpha value is -1.26. The van der Waals surface area contributed by atoms with Crippen LogP contribution in [-0.2, 0) is 0 Å². The second kappa shape index (κ2) is 7.50. The van der Waals surface area contributed by atoms with Crippen molar-refractivity contribution in [2.75, 3.05) is 6.54 Å². The van der Waals surface area contributed by atoms with Crippen LogP contribution in [0.5, 0.6) is 0 Å². The van der Waals surface area contributed by atoms with Crippen LogP contribution in [0.2, 0.25) is 5.02 Å². The highest BCUT2D eigenvalue weighted by Crippen LogP contribution is 2.24. The molecule has 0 saturated carbocycles. The van der Waals surface area contributed by atoms with Gasteiger partial charge in [0, 0.05) is 16.5 Å². The Morgan fingerprint density at radius 1 is 1.45 bits per heavy atom. The first-order valence-electron chi connectivity index (χ1n) is 6.84. The number of nitrogens with one attached hydrogen (secondary N) is 1. The van der Waals surface area contributed by atoms with E-state index in [4.69, 9.17) is 22.5 Å². The maximum Gasteiger partial charge on any atom is 0.144 e. The second-order valence-electron chi connectivity index (χ2n) is 5.67. The summed E-state index contributed by atoms with van der Waals surface area (Å²) < 4.78 is 0. The normalized spacial score (nSPS) is 14.3. The lowest BCUT2D eigenvalue weighted by Crippen LogP contribution is -2.33. The van der Waals surface area contributed by atoms with Crippen molar-refractivity contribution in [3.63, 3.8) is 0 Å². The van der Waals surface area contributed by atoms with E-state index >= 15 is 0 Å². The van der Waals surface area contributed by atoms with E-state index in [1.807, 2.05) is 38.1 Å². The second-order valence-corrected chi connectivity index (χ2v) is 6.08. The summed E-state index contributed by atoms with van der Waals surface area (Å²) in [7, 11) is 0. The van der Waals surface area contributed by atoms with Crippen molar-refractivity contribution < 1.29 is 5.21 Å². The Morgan fingerprint density at radius 3 is 2.70 bits per heavy atom. The predicted octanol–water partition coefficient (Wildman–Crippen LogP) is 3.54. The average Bonchev–Trinajstić information content (AvgIpc) is 2.42. The van der Waals surface area contributed by atoms with Gasteiger partial charge in [-0.05, 0) is 37.9 Å². The van der Waals surface area contributed by atoms with Crippen molar-refractivity contribution in [3.8, 4) is 0 Å². The molecule has 112 valence electrons. The predicted molar refractivity (Wildman–Crippen MR) is 84.3 cm³/mol. The van der Waals surface area contributed by atoms with Gasteiger partial charge in [0.25, 0.3) is 0 Å². The van der Waals surface area contributed by atoms with Crippen molar-refractivity contribution in [2.24, 2.45) is 16.3 Å². The van der Waals surface area contributed by atoms with E-state index in [9.17, 15) is 0 Å². The zero-order valence-corrected chi connectivity index (χ0v) is 13.1. The Bertz CT molecular complexity index is 460. The van der Waals surface area contributed by atoms with E-state index in [0.717, 1.165) is 30.0 Å². The minimum absolute atomic E-state index is 0.204. The summed E-state index contributed by atoms with van der Waals surface area (Å²) >= 11 is 6.16. The molecule has 0 aromatic heterocycles. The molecule has 4 N–H and O–H groups in total. The number of benzene rings is 1. The lowest BCUT2D eigenvalue weighted by Gasteiger charge is -2.23.